The normalized spacial score (nSPS) is 18.5. The molecule has 2 atom stereocenters. The molecule has 0 radical (unpaired) electrons. The van der Waals surface area contributed by atoms with Crippen LogP contribution in [0.1, 0.15) is 11.6 Å². The molecule has 4 nitrogen and oxygen atoms in total. The maximum Gasteiger partial charge on any atom is 0.133 e. The van der Waals surface area contributed by atoms with Crippen molar-refractivity contribution in [2.45, 2.75) is 17.0 Å². The van der Waals surface area contributed by atoms with Crippen molar-refractivity contribution in [2.24, 2.45) is 5.84 Å². The van der Waals surface area contributed by atoms with Gasteiger partial charge in [0.1, 0.15) is 17.6 Å². The van der Waals surface area contributed by atoms with Crippen molar-refractivity contribution in [1.82, 2.24) is 5.43 Å². The standard InChI is InChI=1S/C16H18N2O2S/c1-19-12-7-3-2-6-11(12)16(18-17)14-10-21-15-9-5-4-8-13(15)20-14/h2-9,14,16,18H,10,17H2,1H3. The summed E-state index contributed by atoms with van der Waals surface area (Å²) in [7, 11) is 1.66. The van der Waals surface area contributed by atoms with E-state index in [0.717, 1.165) is 22.8 Å². The molecule has 0 amide bonds. The number of hydrogen-bond acceptors (Lipinski definition) is 5. The summed E-state index contributed by atoms with van der Waals surface area (Å²) in [5.41, 5.74) is 3.88. The van der Waals surface area contributed by atoms with Crippen LogP contribution >= 0.6 is 11.8 Å². The molecule has 21 heavy (non-hydrogen) atoms. The SMILES string of the molecule is COc1ccccc1C(NN)C1CSc2ccccc2O1. The number of rotatable bonds is 4. The topological polar surface area (TPSA) is 56.5 Å². The van der Waals surface area contributed by atoms with Crippen LogP contribution in [0.3, 0.4) is 0 Å². The van der Waals surface area contributed by atoms with Gasteiger partial charge in [-0.05, 0) is 18.2 Å². The van der Waals surface area contributed by atoms with Crippen LogP contribution in [-0.2, 0) is 0 Å². The zero-order chi connectivity index (χ0) is 14.7. The maximum atomic E-state index is 6.12. The van der Waals surface area contributed by atoms with Gasteiger partial charge in [-0.1, -0.05) is 30.3 Å². The van der Waals surface area contributed by atoms with Crippen LogP contribution in [0.4, 0.5) is 0 Å². The zero-order valence-electron chi connectivity index (χ0n) is 11.8. The molecule has 2 unspecified atom stereocenters. The number of hydrazine groups is 1. The molecule has 0 saturated heterocycles. The van der Waals surface area contributed by atoms with E-state index in [0.29, 0.717) is 0 Å². The highest BCUT2D eigenvalue weighted by molar-refractivity contribution is 7.99. The molecule has 1 aliphatic rings. The van der Waals surface area contributed by atoms with Crippen LogP contribution in [0.2, 0.25) is 0 Å². The molecule has 3 rings (SSSR count). The molecule has 3 N–H and O–H groups in total. The van der Waals surface area contributed by atoms with E-state index in [9.17, 15) is 0 Å². The van der Waals surface area contributed by atoms with Crippen LogP contribution in [0.25, 0.3) is 0 Å². The first-order chi connectivity index (χ1) is 10.3. The second-order valence-corrected chi connectivity index (χ2v) is 5.86. The molecule has 0 aliphatic carbocycles. The highest BCUT2D eigenvalue weighted by atomic mass is 32.2. The van der Waals surface area contributed by atoms with Gasteiger partial charge in [-0.25, -0.2) is 5.43 Å². The van der Waals surface area contributed by atoms with Crippen molar-refractivity contribution in [3.05, 3.63) is 54.1 Å². The van der Waals surface area contributed by atoms with E-state index < -0.39 is 0 Å². The van der Waals surface area contributed by atoms with Gasteiger partial charge in [0.2, 0.25) is 0 Å². The molecule has 1 aliphatic heterocycles. The molecular formula is C16H18N2O2S. The monoisotopic (exact) mass is 302 g/mol. The molecule has 0 bridgehead atoms. The molecule has 2 aromatic carbocycles. The Morgan fingerprint density at radius 3 is 2.81 bits per heavy atom. The zero-order valence-corrected chi connectivity index (χ0v) is 12.6. The molecule has 110 valence electrons. The first-order valence-corrected chi connectivity index (χ1v) is 7.79. The fourth-order valence-corrected chi connectivity index (χ4v) is 3.56. The molecule has 1 heterocycles. The van der Waals surface area contributed by atoms with Gasteiger partial charge in [-0.15, -0.1) is 11.8 Å². The first kappa shape index (κ1) is 14.3. The Morgan fingerprint density at radius 2 is 2.00 bits per heavy atom. The lowest BCUT2D eigenvalue weighted by Crippen LogP contribution is -2.42. The Hall–Kier alpha value is -1.69. The fraction of sp³-hybridized carbons (Fsp3) is 0.250. The lowest BCUT2D eigenvalue weighted by Gasteiger charge is -2.32. The van der Waals surface area contributed by atoms with E-state index in [1.165, 1.54) is 4.90 Å². The second-order valence-electron chi connectivity index (χ2n) is 4.80. The lowest BCUT2D eigenvalue weighted by atomic mass is 10.0. The second kappa shape index (κ2) is 6.39. The Morgan fingerprint density at radius 1 is 1.24 bits per heavy atom. The number of ether oxygens (including phenoxy) is 2. The number of para-hydroxylation sites is 2. The molecule has 2 aromatic rings. The number of benzene rings is 2. The quantitative estimate of drug-likeness (QED) is 0.672. The average Bonchev–Trinajstić information content (AvgIpc) is 2.56. The predicted molar refractivity (Wildman–Crippen MR) is 84.6 cm³/mol. The van der Waals surface area contributed by atoms with Crippen LogP contribution in [0.5, 0.6) is 11.5 Å². The smallest absolute Gasteiger partial charge is 0.133 e. The Kier molecular flexibility index (Phi) is 4.34. The average molecular weight is 302 g/mol. The largest absolute Gasteiger partial charge is 0.496 e. The molecule has 5 heteroatoms. The summed E-state index contributed by atoms with van der Waals surface area (Å²) in [5, 5.41) is 0. The molecular weight excluding hydrogens is 284 g/mol. The van der Waals surface area contributed by atoms with Crippen molar-refractivity contribution < 1.29 is 9.47 Å². The van der Waals surface area contributed by atoms with Crippen molar-refractivity contribution in [2.75, 3.05) is 12.9 Å². The number of hydrogen-bond donors (Lipinski definition) is 2. The third-order valence-electron chi connectivity index (χ3n) is 3.56. The molecule has 0 spiro atoms. The van der Waals surface area contributed by atoms with E-state index >= 15 is 0 Å². The first-order valence-electron chi connectivity index (χ1n) is 6.81. The fourth-order valence-electron chi connectivity index (χ4n) is 2.52. The minimum atomic E-state index is -0.123. The predicted octanol–water partition coefficient (Wildman–Crippen LogP) is 2.75. The van der Waals surface area contributed by atoms with Gasteiger partial charge in [0.25, 0.3) is 0 Å². The number of nitrogens with one attached hydrogen (secondary N) is 1. The highest BCUT2D eigenvalue weighted by Gasteiger charge is 2.30. The third kappa shape index (κ3) is 2.85. The minimum Gasteiger partial charge on any atom is -0.496 e. The number of fused-ring (bicyclic) bond motifs is 1. The Labute approximate surface area is 128 Å². The van der Waals surface area contributed by atoms with E-state index in [1.807, 2.05) is 42.5 Å². The van der Waals surface area contributed by atoms with Crippen LogP contribution < -0.4 is 20.7 Å². The summed E-state index contributed by atoms with van der Waals surface area (Å²) in [6.45, 7) is 0. The lowest BCUT2D eigenvalue weighted by molar-refractivity contribution is 0.165. The summed E-state index contributed by atoms with van der Waals surface area (Å²) in [4.78, 5) is 1.17. The van der Waals surface area contributed by atoms with E-state index in [2.05, 4.69) is 11.5 Å². The summed E-state index contributed by atoms with van der Waals surface area (Å²) in [5.74, 6) is 8.35. The van der Waals surface area contributed by atoms with Crippen molar-refractivity contribution in [3.63, 3.8) is 0 Å². The van der Waals surface area contributed by atoms with Crippen molar-refractivity contribution in [1.29, 1.82) is 0 Å². The minimum absolute atomic E-state index is 0.0498. The van der Waals surface area contributed by atoms with Gasteiger partial charge in [0, 0.05) is 16.2 Å². The molecule has 0 aromatic heterocycles. The highest BCUT2D eigenvalue weighted by Crippen LogP contribution is 2.39. The van der Waals surface area contributed by atoms with Crippen LogP contribution in [0.15, 0.2) is 53.4 Å². The van der Waals surface area contributed by atoms with E-state index in [4.69, 9.17) is 15.3 Å². The Bertz CT molecular complexity index is 621. The Balaban J connectivity index is 1.88. The molecule has 0 fully saturated rings. The number of thioether (sulfide) groups is 1. The van der Waals surface area contributed by atoms with Gasteiger partial charge in [0.15, 0.2) is 0 Å². The van der Waals surface area contributed by atoms with Gasteiger partial charge in [-0.3, -0.25) is 5.84 Å². The van der Waals surface area contributed by atoms with Crippen molar-refractivity contribution >= 4 is 11.8 Å². The number of nitrogens with two attached hydrogens (primary N) is 1. The van der Waals surface area contributed by atoms with Crippen LogP contribution in [0, 0.1) is 0 Å². The summed E-state index contributed by atoms with van der Waals surface area (Å²) < 4.78 is 11.6. The summed E-state index contributed by atoms with van der Waals surface area (Å²) >= 11 is 1.79. The van der Waals surface area contributed by atoms with Crippen LogP contribution in [-0.4, -0.2) is 19.0 Å². The number of methoxy groups -OCH3 is 1. The molecule has 0 saturated carbocycles. The third-order valence-corrected chi connectivity index (χ3v) is 4.70. The van der Waals surface area contributed by atoms with Gasteiger partial charge in [-0.2, -0.15) is 0 Å². The van der Waals surface area contributed by atoms with E-state index in [1.54, 1.807) is 18.9 Å². The van der Waals surface area contributed by atoms with Crippen molar-refractivity contribution in [3.8, 4) is 11.5 Å². The van der Waals surface area contributed by atoms with E-state index in [-0.39, 0.29) is 12.1 Å². The summed E-state index contributed by atoms with van der Waals surface area (Å²) in [6, 6.07) is 15.8. The summed E-state index contributed by atoms with van der Waals surface area (Å²) in [6.07, 6.45) is -0.0498. The van der Waals surface area contributed by atoms with Gasteiger partial charge in [0.05, 0.1) is 13.2 Å². The van der Waals surface area contributed by atoms with Gasteiger partial charge >= 0.3 is 0 Å². The van der Waals surface area contributed by atoms with Gasteiger partial charge < -0.3 is 9.47 Å². The maximum absolute atomic E-state index is 6.12.